The lowest BCUT2D eigenvalue weighted by molar-refractivity contribution is 0.250. The lowest BCUT2D eigenvalue weighted by atomic mass is 10.1. The van der Waals surface area contributed by atoms with Crippen molar-refractivity contribution in [3.05, 3.63) is 35.9 Å². The van der Waals surface area contributed by atoms with Crippen molar-refractivity contribution < 1.29 is 0 Å². The summed E-state index contributed by atoms with van der Waals surface area (Å²) < 4.78 is 0. The molecule has 0 aromatic heterocycles. The first kappa shape index (κ1) is 17.8. The Hall–Kier alpha value is -1.55. The molecule has 0 radical (unpaired) electrons. The summed E-state index contributed by atoms with van der Waals surface area (Å²) in [6.45, 7) is 12.6. The zero-order valence-electron chi connectivity index (χ0n) is 15.1. The molecule has 1 atom stereocenters. The van der Waals surface area contributed by atoms with Crippen LogP contribution in [-0.2, 0) is 6.54 Å². The van der Waals surface area contributed by atoms with Crippen LogP contribution in [0.4, 0.5) is 0 Å². The molecular weight excluding hydrogens is 284 g/mol. The summed E-state index contributed by atoms with van der Waals surface area (Å²) >= 11 is 0. The van der Waals surface area contributed by atoms with Crippen molar-refractivity contribution >= 4 is 5.96 Å². The summed E-state index contributed by atoms with van der Waals surface area (Å²) in [7, 11) is 0. The van der Waals surface area contributed by atoms with Gasteiger partial charge in [0.25, 0.3) is 0 Å². The molecule has 0 aliphatic carbocycles. The van der Waals surface area contributed by atoms with Gasteiger partial charge in [-0.15, -0.1) is 0 Å². The van der Waals surface area contributed by atoms with Gasteiger partial charge in [0.15, 0.2) is 5.96 Å². The zero-order valence-corrected chi connectivity index (χ0v) is 15.1. The highest BCUT2D eigenvalue weighted by Crippen LogP contribution is 2.20. The average Bonchev–Trinajstić information content (AvgIpc) is 2.92. The molecule has 4 nitrogen and oxygen atoms in total. The van der Waals surface area contributed by atoms with Gasteiger partial charge in [-0.2, -0.15) is 0 Å². The van der Waals surface area contributed by atoms with E-state index in [9.17, 15) is 0 Å². The Morgan fingerprint density at radius 1 is 1.26 bits per heavy atom. The molecule has 1 saturated heterocycles. The van der Waals surface area contributed by atoms with Crippen LogP contribution in [0.5, 0.6) is 0 Å². The predicted octanol–water partition coefficient (Wildman–Crippen LogP) is 3.00. The first-order chi connectivity index (χ1) is 11.0. The van der Waals surface area contributed by atoms with E-state index in [1.165, 1.54) is 24.9 Å². The summed E-state index contributed by atoms with van der Waals surface area (Å²) in [5.41, 5.74) is 1.42. The lowest BCUT2D eigenvalue weighted by Crippen LogP contribution is -2.48. The maximum absolute atomic E-state index is 4.83. The molecule has 2 rings (SSSR count). The van der Waals surface area contributed by atoms with Crippen LogP contribution in [0.25, 0.3) is 0 Å². The Morgan fingerprint density at radius 2 is 2.00 bits per heavy atom. The Labute approximate surface area is 141 Å². The number of rotatable bonds is 5. The van der Waals surface area contributed by atoms with Crippen molar-refractivity contribution in [2.75, 3.05) is 19.6 Å². The van der Waals surface area contributed by atoms with E-state index in [4.69, 9.17) is 4.99 Å². The van der Waals surface area contributed by atoms with Gasteiger partial charge in [-0.1, -0.05) is 30.3 Å². The molecule has 0 saturated carbocycles. The van der Waals surface area contributed by atoms with Gasteiger partial charge in [0.05, 0.1) is 6.54 Å². The SMILES string of the molecule is CCNC(=NCC1CCCN1Cc1ccccc1)NC(C)(C)C. The summed E-state index contributed by atoms with van der Waals surface area (Å²) in [6.07, 6.45) is 2.52. The number of aliphatic imine (C=N–C) groups is 1. The lowest BCUT2D eigenvalue weighted by Gasteiger charge is -2.26. The van der Waals surface area contributed by atoms with Crippen LogP contribution in [0.2, 0.25) is 0 Å². The van der Waals surface area contributed by atoms with Crippen LogP contribution in [0.1, 0.15) is 46.1 Å². The van der Waals surface area contributed by atoms with E-state index in [0.717, 1.165) is 25.6 Å². The van der Waals surface area contributed by atoms with Gasteiger partial charge in [-0.3, -0.25) is 9.89 Å². The minimum atomic E-state index is 0.0282. The van der Waals surface area contributed by atoms with Crippen molar-refractivity contribution in [2.24, 2.45) is 4.99 Å². The maximum atomic E-state index is 4.83. The van der Waals surface area contributed by atoms with E-state index in [1.54, 1.807) is 0 Å². The van der Waals surface area contributed by atoms with Crippen LogP contribution >= 0.6 is 0 Å². The second kappa shape index (κ2) is 8.34. The highest BCUT2D eigenvalue weighted by Gasteiger charge is 2.24. The summed E-state index contributed by atoms with van der Waals surface area (Å²) in [4.78, 5) is 7.39. The molecule has 1 heterocycles. The normalized spacial score (nSPS) is 19.8. The van der Waals surface area contributed by atoms with Gasteiger partial charge in [-0.25, -0.2) is 0 Å². The van der Waals surface area contributed by atoms with Gasteiger partial charge >= 0.3 is 0 Å². The van der Waals surface area contributed by atoms with E-state index in [-0.39, 0.29) is 5.54 Å². The van der Waals surface area contributed by atoms with E-state index in [0.29, 0.717) is 6.04 Å². The van der Waals surface area contributed by atoms with Crippen LogP contribution in [0.3, 0.4) is 0 Å². The molecule has 1 aliphatic heterocycles. The van der Waals surface area contributed by atoms with Gasteiger partial charge in [0.1, 0.15) is 0 Å². The Bertz CT molecular complexity index is 490. The van der Waals surface area contributed by atoms with Gasteiger partial charge in [-0.05, 0) is 52.6 Å². The van der Waals surface area contributed by atoms with E-state index < -0.39 is 0 Å². The molecule has 2 N–H and O–H groups in total. The highest BCUT2D eigenvalue weighted by atomic mass is 15.2. The second-order valence-electron chi connectivity index (χ2n) is 7.35. The molecule has 0 spiro atoms. The third-order valence-electron chi connectivity index (χ3n) is 4.03. The number of hydrogen-bond donors (Lipinski definition) is 2. The fourth-order valence-electron chi connectivity index (χ4n) is 2.99. The van der Waals surface area contributed by atoms with Crippen LogP contribution in [0, 0.1) is 0 Å². The fourth-order valence-corrected chi connectivity index (χ4v) is 2.99. The third kappa shape index (κ3) is 6.22. The monoisotopic (exact) mass is 316 g/mol. The average molecular weight is 316 g/mol. The van der Waals surface area contributed by atoms with Crippen molar-refractivity contribution in [2.45, 2.75) is 58.7 Å². The number of guanidine groups is 1. The van der Waals surface area contributed by atoms with Crippen LogP contribution < -0.4 is 10.6 Å². The van der Waals surface area contributed by atoms with Crippen molar-refractivity contribution in [1.29, 1.82) is 0 Å². The molecule has 1 aromatic carbocycles. The fraction of sp³-hybridized carbons (Fsp3) is 0.632. The van der Waals surface area contributed by atoms with Crippen molar-refractivity contribution in [3.63, 3.8) is 0 Å². The minimum Gasteiger partial charge on any atom is -0.357 e. The Kier molecular flexibility index (Phi) is 6.46. The number of hydrogen-bond acceptors (Lipinski definition) is 2. The zero-order chi connectivity index (χ0) is 16.7. The summed E-state index contributed by atoms with van der Waals surface area (Å²) in [5.74, 6) is 0.923. The quantitative estimate of drug-likeness (QED) is 0.648. The van der Waals surface area contributed by atoms with Gasteiger partial charge in [0.2, 0.25) is 0 Å². The molecule has 0 bridgehead atoms. The molecule has 4 heteroatoms. The Balaban J connectivity index is 1.95. The number of benzene rings is 1. The molecule has 1 aromatic rings. The number of nitrogens with one attached hydrogen (secondary N) is 2. The minimum absolute atomic E-state index is 0.0282. The first-order valence-electron chi connectivity index (χ1n) is 8.82. The van der Waals surface area contributed by atoms with Crippen LogP contribution in [-0.4, -0.2) is 42.1 Å². The number of nitrogens with zero attached hydrogens (tertiary/aromatic N) is 2. The van der Waals surface area contributed by atoms with Gasteiger partial charge < -0.3 is 10.6 Å². The summed E-state index contributed by atoms with van der Waals surface area (Å²) in [6, 6.07) is 11.3. The maximum Gasteiger partial charge on any atom is 0.191 e. The topological polar surface area (TPSA) is 39.7 Å². The van der Waals surface area contributed by atoms with Gasteiger partial charge in [0, 0.05) is 24.7 Å². The molecule has 1 aliphatic rings. The molecular formula is C19H32N4. The standard InChI is InChI=1S/C19H32N4/c1-5-20-18(22-19(2,3)4)21-14-17-12-9-13-23(17)15-16-10-7-6-8-11-16/h6-8,10-11,17H,5,9,12-15H2,1-4H3,(H2,20,21,22). The third-order valence-corrected chi connectivity index (χ3v) is 4.03. The largest absolute Gasteiger partial charge is 0.357 e. The highest BCUT2D eigenvalue weighted by molar-refractivity contribution is 5.80. The van der Waals surface area contributed by atoms with Crippen molar-refractivity contribution in [1.82, 2.24) is 15.5 Å². The van der Waals surface area contributed by atoms with E-state index in [1.807, 2.05) is 0 Å². The predicted molar refractivity (Wildman–Crippen MR) is 98.7 cm³/mol. The molecule has 1 unspecified atom stereocenters. The van der Waals surface area contributed by atoms with E-state index in [2.05, 4.69) is 73.6 Å². The van der Waals surface area contributed by atoms with E-state index >= 15 is 0 Å². The Morgan fingerprint density at radius 3 is 2.65 bits per heavy atom. The molecule has 1 fully saturated rings. The first-order valence-corrected chi connectivity index (χ1v) is 8.82. The van der Waals surface area contributed by atoms with Crippen molar-refractivity contribution in [3.8, 4) is 0 Å². The second-order valence-corrected chi connectivity index (χ2v) is 7.35. The number of likely N-dealkylation sites (tertiary alicyclic amines) is 1. The smallest absolute Gasteiger partial charge is 0.191 e. The molecule has 23 heavy (non-hydrogen) atoms. The molecule has 0 amide bonds. The molecule has 128 valence electrons. The van der Waals surface area contributed by atoms with Crippen LogP contribution in [0.15, 0.2) is 35.3 Å². The summed E-state index contributed by atoms with van der Waals surface area (Å²) in [5, 5.41) is 6.81.